The van der Waals surface area contributed by atoms with E-state index in [1.807, 2.05) is 6.92 Å². The molecule has 1 rings (SSSR count). The lowest BCUT2D eigenvalue weighted by atomic mass is 10.2. The van der Waals surface area contributed by atoms with Gasteiger partial charge < -0.3 is 15.7 Å². The van der Waals surface area contributed by atoms with Crippen LogP contribution >= 0.6 is 15.9 Å². The summed E-state index contributed by atoms with van der Waals surface area (Å²) in [4.78, 5) is 23.3. The van der Waals surface area contributed by atoms with Crippen molar-refractivity contribution in [2.24, 2.45) is 0 Å². The van der Waals surface area contributed by atoms with E-state index in [-0.39, 0.29) is 37.4 Å². The standard InChI is InChI=1S/C14H19BrN2O3/c1-10(7-9-18)17-13(19)6-8-16-14(20)11-2-4-12(15)5-3-11/h2-5,10,18H,6-9H2,1H3,(H,16,20)(H,17,19). The van der Waals surface area contributed by atoms with Crippen molar-refractivity contribution in [1.29, 1.82) is 0 Å². The zero-order chi connectivity index (χ0) is 15.0. The van der Waals surface area contributed by atoms with Crippen molar-refractivity contribution in [1.82, 2.24) is 10.6 Å². The fourth-order valence-electron chi connectivity index (χ4n) is 1.61. The van der Waals surface area contributed by atoms with Crippen LogP contribution in [0.2, 0.25) is 0 Å². The smallest absolute Gasteiger partial charge is 0.251 e. The number of hydrogen-bond donors (Lipinski definition) is 3. The normalized spacial score (nSPS) is 11.8. The molecule has 0 saturated heterocycles. The number of halogens is 1. The van der Waals surface area contributed by atoms with Crippen LogP contribution in [-0.4, -0.2) is 36.1 Å². The number of carbonyl (C=O) groups is 2. The summed E-state index contributed by atoms with van der Waals surface area (Å²) < 4.78 is 0.909. The largest absolute Gasteiger partial charge is 0.396 e. The maximum absolute atomic E-state index is 11.8. The van der Waals surface area contributed by atoms with Gasteiger partial charge in [-0.2, -0.15) is 0 Å². The molecule has 0 spiro atoms. The molecule has 0 heterocycles. The van der Waals surface area contributed by atoms with E-state index in [4.69, 9.17) is 5.11 Å². The van der Waals surface area contributed by atoms with Crippen LogP contribution in [0.3, 0.4) is 0 Å². The van der Waals surface area contributed by atoms with Crippen LogP contribution in [0.1, 0.15) is 30.1 Å². The second-order valence-corrected chi connectivity index (χ2v) is 5.41. The molecule has 0 aromatic heterocycles. The van der Waals surface area contributed by atoms with E-state index < -0.39 is 0 Å². The first kappa shape index (κ1) is 16.7. The summed E-state index contributed by atoms with van der Waals surface area (Å²) in [6.45, 7) is 2.16. The number of hydrogen-bond acceptors (Lipinski definition) is 3. The molecule has 1 unspecified atom stereocenters. The van der Waals surface area contributed by atoms with E-state index in [0.717, 1.165) is 4.47 Å². The Labute approximate surface area is 126 Å². The Bertz CT molecular complexity index is 448. The summed E-state index contributed by atoms with van der Waals surface area (Å²) >= 11 is 3.30. The average molecular weight is 343 g/mol. The lowest BCUT2D eigenvalue weighted by Gasteiger charge is -2.12. The summed E-state index contributed by atoms with van der Waals surface area (Å²) in [7, 11) is 0. The van der Waals surface area contributed by atoms with Gasteiger partial charge in [-0.3, -0.25) is 9.59 Å². The highest BCUT2D eigenvalue weighted by atomic mass is 79.9. The van der Waals surface area contributed by atoms with E-state index in [9.17, 15) is 9.59 Å². The molecule has 20 heavy (non-hydrogen) atoms. The Kier molecular flexibility index (Phi) is 7.25. The average Bonchev–Trinajstić information content (AvgIpc) is 2.39. The highest BCUT2D eigenvalue weighted by Gasteiger charge is 2.08. The second-order valence-electron chi connectivity index (χ2n) is 4.49. The van der Waals surface area contributed by atoms with E-state index >= 15 is 0 Å². The van der Waals surface area contributed by atoms with E-state index in [1.165, 1.54) is 0 Å². The molecule has 0 aliphatic rings. The van der Waals surface area contributed by atoms with Crippen molar-refractivity contribution in [2.45, 2.75) is 25.8 Å². The van der Waals surface area contributed by atoms with Gasteiger partial charge in [-0.05, 0) is 37.6 Å². The van der Waals surface area contributed by atoms with Gasteiger partial charge in [0.15, 0.2) is 0 Å². The molecule has 0 bridgehead atoms. The molecule has 1 aromatic carbocycles. The number of benzene rings is 1. The minimum Gasteiger partial charge on any atom is -0.396 e. The van der Waals surface area contributed by atoms with Crippen LogP contribution in [0.5, 0.6) is 0 Å². The van der Waals surface area contributed by atoms with Gasteiger partial charge in [0, 0.05) is 35.7 Å². The first-order chi connectivity index (χ1) is 9.52. The molecule has 0 aliphatic heterocycles. The van der Waals surface area contributed by atoms with Crippen LogP contribution in [0.25, 0.3) is 0 Å². The van der Waals surface area contributed by atoms with Crippen LogP contribution < -0.4 is 10.6 Å². The summed E-state index contributed by atoms with van der Waals surface area (Å²) in [5, 5.41) is 14.2. The lowest BCUT2D eigenvalue weighted by molar-refractivity contribution is -0.121. The van der Waals surface area contributed by atoms with Crippen LogP contribution in [0.15, 0.2) is 28.7 Å². The predicted molar refractivity (Wildman–Crippen MR) is 80.4 cm³/mol. The summed E-state index contributed by atoms with van der Waals surface area (Å²) in [5.74, 6) is -0.337. The molecule has 3 N–H and O–H groups in total. The van der Waals surface area contributed by atoms with Gasteiger partial charge in [0.05, 0.1) is 0 Å². The van der Waals surface area contributed by atoms with Crippen LogP contribution in [0.4, 0.5) is 0 Å². The van der Waals surface area contributed by atoms with Crippen molar-refractivity contribution >= 4 is 27.7 Å². The number of nitrogens with one attached hydrogen (secondary N) is 2. The van der Waals surface area contributed by atoms with Gasteiger partial charge in [-0.25, -0.2) is 0 Å². The van der Waals surface area contributed by atoms with Gasteiger partial charge in [-0.15, -0.1) is 0 Å². The fraction of sp³-hybridized carbons (Fsp3) is 0.429. The maximum atomic E-state index is 11.8. The van der Waals surface area contributed by atoms with Gasteiger partial charge in [0.1, 0.15) is 0 Å². The number of carbonyl (C=O) groups excluding carboxylic acids is 2. The van der Waals surface area contributed by atoms with Crippen molar-refractivity contribution in [3.63, 3.8) is 0 Å². The Morgan fingerprint density at radius 2 is 1.95 bits per heavy atom. The summed E-state index contributed by atoms with van der Waals surface area (Å²) in [6.07, 6.45) is 0.745. The Morgan fingerprint density at radius 3 is 2.55 bits per heavy atom. The third kappa shape index (κ3) is 6.16. The first-order valence-corrected chi connectivity index (χ1v) is 7.26. The van der Waals surface area contributed by atoms with Gasteiger partial charge in [0.25, 0.3) is 5.91 Å². The highest BCUT2D eigenvalue weighted by Crippen LogP contribution is 2.10. The molecule has 110 valence electrons. The van der Waals surface area contributed by atoms with Gasteiger partial charge >= 0.3 is 0 Å². The molecule has 0 radical (unpaired) electrons. The van der Waals surface area contributed by atoms with Crippen molar-refractivity contribution < 1.29 is 14.7 Å². The third-order valence-electron chi connectivity index (χ3n) is 2.71. The van der Waals surface area contributed by atoms with E-state index in [2.05, 4.69) is 26.6 Å². The molecule has 0 fully saturated rings. The first-order valence-electron chi connectivity index (χ1n) is 6.47. The zero-order valence-corrected chi connectivity index (χ0v) is 12.9. The van der Waals surface area contributed by atoms with Crippen molar-refractivity contribution in [3.05, 3.63) is 34.3 Å². The minimum atomic E-state index is -0.200. The second kappa shape index (κ2) is 8.71. The van der Waals surface area contributed by atoms with Crippen molar-refractivity contribution in [2.75, 3.05) is 13.2 Å². The lowest BCUT2D eigenvalue weighted by Crippen LogP contribution is -2.36. The Balaban J connectivity index is 2.28. The summed E-state index contributed by atoms with van der Waals surface area (Å²) in [5.41, 5.74) is 0.558. The molecular weight excluding hydrogens is 324 g/mol. The number of rotatable bonds is 7. The van der Waals surface area contributed by atoms with E-state index in [0.29, 0.717) is 12.0 Å². The van der Waals surface area contributed by atoms with Crippen LogP contribution in [-0.2, 0) is 4.79 Å². The number of aliphatic hydroxyl groups excluding tert-OH is 1. The molecule has 1 aromatic rings. The Morgan fingerprint density at radius 1 is 1.30 bits per heavy atom. The number of aliphatic hydroxyl groups is 1. The van der Waals surface area contributed by atoms with Crippen LogP contribution in [0, 0.1) is 0 Å². The SMILES string of the molecule is CC(CCO)NC(=O)CCNC(=O)c1ccc(Br)cc1. The van der Waals surface area contributed by atoms with Gasteiger partial charge in [0.2, 0.25) is 5.91 Å². The zero-order valence-electron chi connectivity index (χ0n) is 11.4. The quantitative estimate of drug-likeness (QED) is 0.701. The van der Waals surface area contributed by atoms with Gasteiger partial charge in [-0.1, -0.05) is 15.9 Å². The predicted octanol–water partition coefficient (Wildman–Crippen LogP) is 1.46. The molecular formula is C14H19BrN2O3. The minimum absolute atomic E-state index is 0.0434. The highest BCUT2D eigenvalue weighted by molar-refractivity contribution is 9.10. The molecule has 5 nitrogen and oxygen atoms in total. The monoisotopic (exact) mass is 342 g/mol. The summed E-state index contributed by atoms with van der Waals surface area (Å²) in [6, 6.07) is 6.94. The molecule has 2 amide bonds. The molecule has 0 aliphatic carbocycles. The van der Waals surface area contributed by atoms with E-state index in [1.54, 1.807) is 24.3 Å². The third-order valence-corrected chi connectivity index (χ3v) is 3.24. The molecule has 1 atom stereocenters. The topological polar surface area (TPSA) is 78.4 Å². The molecule has 6 heteroatoms. The maximum Gasteiger partial charge on any atom is 0.251 e. The fourth-order valence-corrected chi connectivity index (χ4v) is 1.87. The molecule has 0 saturated carbocycles. The number of amides is 2. The van der Waals surface area contributed by atoms with Crippen molar-refractivity contribution in [3.8, 4) is 0 Å². The Hall–Kier alpha value is -1.40.